The first kappa shape index (κ1) is 18.3. The molecule has 1 atom stereocenters. The molecular formula is C21H23N3O. The lowest BCUT2D eigenvalue weighted by Gasteiger charge is -2.13. The van der Waals surface area contributed by atoms with Crippen molar-refractivity contribution in [2.24, 2.45) is 0 Å². The van der Waals surface area contributed by atoms with Crippen molar-refractivity contribution in [2.45, 2.75) is 26.3 Å². The van der Waals surface area contributed by atoms with E-state index in [1.807, 2.05) is 43.3 Å². The summed E-state index contributed by atoms with van der Waals surface area (Å²) >= 11 is 0. The molecule has 0 aliphatic rings. The normalized spacial score (nSPS) is 12.1. The van der Waals surface area contributed by atoms with Gasteiger partial charge in [-0.25, -0.2) is 0 Å². The molecule has 0 saturated carbocycles. The molecule has 0 heterocycles. The largest absolute Gasteiger partial charge is 0.389 e. The van der Waals surface area contributed by atoms with Crippen LogP contribution in [-0.2, 0) is 11.2 Å². The number of benzene rings is 2. The highest BCUT2D eigenvalue weighted by molar-refractivity contribution is 5.97. The highest BCUT2D eigenvalue weighted by atomic mass is 16.1. The number of hydrogen-bond acceptors (Lipinski definition) is 3. The van der Waals surface area contributed by atoms with Crippen molar-refractivity contribution in [3.63, 3.8) is 0 Å². The van der Waals surface area contributed by atoms with Crippen LogP contribution in [0, 0.1) is 18.3 Å². The van der Waals surface area contributed by atoms with Gasteiger partial charge in [0.1, 0.15) is 11.6 Å². The van der Waals surface area contributed by atoms with E-state index in [9.17, 15) is 10.1 Å². The Hall–Kier alpha value is -3.06. The third-order valence-corrected chi connectivity index (χ3v) is 3.94. The van der Waals surface area contributed by atoms with Gasteiger partial charge >= 0.3 is 0 Å². The summed E-state index contributed by atoms with van der Waals surface area (Å²) in [6.07, 6.45) is 2.32. The minimum absolute atomic E-state index is 0.0756. The average Bonchev–Trinajstić information content (AvgIpc) is 2.64. The summed E-state index contributed by atoms with van der Waals surface area (Å²) in [6, 6.07) is 19.8. The molecule has 2 aromatic carbocycles. The van der Waals surface area contributed by atoms with Crippen molar-refractivity contribution in [1.82, 2.24) is 10.6 Å². The molecule has 2 rings (SSSR count). The Kier molecular flexibility index (Phi) is 6.79. The minimum atomic E-state index is -0.373. The van der Waals surface area contributed by atoms with Crippen LogP contribution >= 0.6 is 0 Å². The highest BCUT2D eigenvalue weighted by Gasteiger charge is 2.13. The van der Waals surface area contributed by atoms with Crippen LogP contribution in [-0.4, -0.2) is 12.5 Å². The Morgan fingerprint density at radius 3 is 2.48 bits per heavy atom. The fourth-order valence-corrected chi connectivity index (χ4v) is 2.39. The number of carbonyl (C=O) groups is 1. The molecule has 128 valence electrons. The molecule has 4 nitrogen and oxygen atoms in total. The Labute approximate surface area is 149 Å². The van der Waals surface area contributed by atoms with Crippen molar-refractivity contribution in [1.29, 1.82) is 5.26 Å². The van der Waals surface area contributed by atoms with Gasteiger partial charge in [-0.3, -0.25) is 4.79 Å². The number of nitrogens with zero attached hydrogens (tertiary/aromatic N) is 1. The molecule has 2 aromatic rings. The second-order valence-corrected chi connectivity index (χ2v) is 5.97. The van der Waals surface area contributed by atoms with E-state index in [0.717, 1.165) is 12.0 Å². The summed E-state index contributed by atoms with van der Waals surface area (Å²) in [6.45, 7) is 4.61. The van der Waals surface area contributed by atoms with E-state index in [2.05, 4.69) is 41.8 Å². The molecule has 0 aliphatic carbocycles. The van der Waals surface area contributed by atoms with Crippen molar-refractivity contribution in [3.05, 3.63) is 83.1 Å². The van der Waals surface area contributed by atoms with Crippen LogP contribution in [0.3, 0.4) is 0 Å². The predicted molar refractivity (Wildman–Crippen MR) is 99.6 cm³/mol. The lowest BCUT2D eigenvalue weighted by Crippen LogP contribution is -2.28. The van der Waals surface area contributed by atoms with Gasteiger partial charge in [-0.05, 0) is 31.4 Å². The quantitative estimate of drug-likeness (QED) is 0.464. The molecule has 2 N–H and O–H groups in total. The van der Waals surface area contributed by atoms with Gasteiger partial charge in [0.05, 0.1) is 6.04 Å². The van der Waals surface area contributed by atoms with Gasteiger partial charge in [0.15, 0.2) is 0 Å². The Balaban J connectivity index is 1.85. The van der Waals surface area contributed by atoms with Crippen LogP contribution in [0.15, 0.2) is 66.4 Å². The second kappa shape index (κ2) is 9.29. The first-order valence-corrected chi connectivity index (χ1v) is 8.35. The summed E-state index contributed by atoms with van der Waals surface area (Å²) in [5.41, 5.74) is 3.52. The van der Waals surface area contributed by atoms with E-state index in [4.69, 9.17) is 0 Å². The number of nitrogens with one attached hydrogen (secondary N) is 2. The standard InChI is InChI=1S/C21H23N3O/c1-16-8-10-18(11-9-16)12-13-23-15-20(14-22)21(25)24-17(2)19-6-4-3-5-7-19/h3-11,15,17,23H,12-13H2,1-2H3,(H,24,25)/b20-15-. The summed E-state index contributed by atoms with van der Waals surface area (Å²) in [5.74, 6) is -0.373. The molecule has 0 radical (unpaired) electrons. The monoisotopic (exact) mass is 333 g/mol. The third-order valence-electron chi connectivity index (χ3n) is 3.94. The van der Waals surface area contributed by atoms with Crippen molar-refractivity contribution < 1.29 is 4.79 Å². The van der Waals surface area contributed by atoms with E-state index < -0.39 is 0 Å². The Bertz CT molecular complexity index is 758. The topological polar surface area (TPSA) is 64.9 Å². The summed E-state index contributed by atoms with van der Waals surface area (Å²) in [7, 11) is 0. The third kappa shape index (κ3) is 5.82. The van der Waals surface area contributed by atoms with Crippen molar-refractivity contribution >= 4 is 5.91 Å². The molecule has 0 fully saturated rings. The van der Waals surface area contributed by atoms with Crippen LogP contribution in [0.2, 0.25) is 0 Å². The van der Waals surface area contributed by atoms with Crippen LogP contribution < -0.4 is 10.6 Å². The van der Waals surface area contributed by atoms with Gasteiger partial charge in [0.2, 0.25) is 0 Å². The van der Waals surface area contributed by atoms with Crippen molar-refractivity contribution in [3.8, 4) is 6.07 Å². The Morgan fingerprint density at radius 2 is 1.84 bits per heavy atom. The highest BCUT2D eigenvalue weighted by Crippen LogP contribution is 2.11. The van der Waals surface area contributed by atoms with Crippen LogP contribution in [0.5, 0.6) is 0 Å². The molecule has 0 bridgehead atoms. The maximum atomic E-state index is 12.2. The molecule has 0 saturated heterocycles. The number of carbonyl (C=O) groups excluding carboxylic acids is 1. The molecule has 1 unspecified atom stereocenters. The van der Waals surface area contributed by atoms with Gasteiger partial charge in [0, 0.05) is 12.7 Å². The van der Waals surface area contributed by atoms with E-state index in [-0.39, 0.29) is 17.5 Å². The fraction of sp³-hybridized carbons (Fsp3) is 0.238. The number of hydrogen-bond donors (Lipinski definition) is 2. The maximum Gasteiger partial charge on any atom is 0.263 e. The number of rotatable bonds is 7. The molecular weight excluding hydrogens is 310 g/mol. The van der Waals surface area contributed by atoms with Crippen LogP contribution in [0.4, 0.5) is 0 Å². The molecule has 4 heteroatoms. The maximum absolute atomic E-state index is 12.2. The molecule has 1 amide bonds. The number of aryl methyl sites for hydroxylation is 1. The average molecular weight is 333 g/mol. The van der Waals surface area contributed by atoms with Crippen LogP contribution in [0.25, 0.3) is 0 Å². The second-order valence-electron chi connectivity index (χ2n) is 5.97. The first-order chi connectivity index (χ1) is 12.1. The molecule has 0 aliphatic heterocycles. The lowest BCUT2D eigenvalue weighted by atomic mass is 10.1. The number of nitriles is 1. The lowest BCUT2D eigenvalue weighted by molar-refractivity contribution is -0.117. The van der Waals surface area contributed by atoms with E-state index >= 15 is 0 Å². The van der Waals surface area contributed by atoms with E-state index in [0.29, 0.717) is 6.54 Å². The summed E-state index contributed by atoms with van der Waals surface area (Å²) in [4.78, 5) is 12.2. The predicted octanol–water partition coefficient (Wildman–Crippen LogP) is 3.41. The van der Waals surface area contributed by atoms with Gasteiger partial charge in [-0.15, -0.1) is 0 Å². The van der Waals surface area contributed by atoms with Gasteiger partial charge in [-0.2, -0.15) is 5.26 Å². The molecule has 25 heavy (non-hydrogen) atoms. The first-order valence-electron chi connectivity index (χ1n) is 8.35. The molecule has 0 aromatic heterocycles. The summed E-state index contributed by atoms with van der Waals surface area (Å²) < 4.78 is 0. The van der Waals surface area contributed by atoms with Crippen LogP contribution in [0.1, 0.15) is 29.7 Å². The zero-order chi connectivity index (χ0) is 18.1. The van der Waals surface area contributed by atoms with E-state index in [1.54, 1.807) is 0 Å². The van der Waals surface area contributed by atoms with Gasteiger partial charge in [0.25, 0.3) is 5.91 Å². The number of amides is 1. The fourth-order valence-electron chi connectivity index (χ4n) is 2.39. The van der Waals surface area contributed by atoms with Gasteiger partial charge < -0.3 is 10.6 Å². The smallest absolute Gasteiger partial charge is 0.263 e. The zero-order valence-corrected chi connectivity index (χ0v) is 14.6. The van der Waals surface area contributed by atoms with E-state index in [1.165, 1.54) is 17.3 Å². The Morgan fingerprint density at radius 1 is 1.16 bits per heavy atom. The van der Waals surface area contributed by atoms with Crippen molar-refractivity contribution in [2.75, 3.05) is 6.54 Å². The molecule has 0 spiro atoms. The summed E-state index contributed by atoms with van der Waals surface area (Å²) in [5, 5.41) is 15.1. The van der Waals surface area contributed by atoms with Gasteiger partial charge in [-0.1, -0.05) is 60.2 Å². The SMILES string of the molecule is Cc1ccc(CCN/C=C(/C#N)C(=O)NC(C)c2ccccc2)cc1. The minimum Gasteiger partial charge on any atom is -0.389 e. The zero-order valence-electron chi connectivity index (χ0n) is 14.6.